The molecule has 0 aliphatic carbocycles. The van der Waals surface area contributed by atoms with Crippen LogP contribution >= 0.6 is 0 Å². The maximum absolute atomic E-state index is 12.7. The minimum absolute atomic E-state index is 0.0114. The average Bonchev–Trinajstić information content (AvgIpc) is 3.13. The standard InChI is InChI=1S/C25H27N3O6S/c1-4-20-19(16-26)23(24(28(20)3)25(30)33-5-2)17-10-12-18(13-11-17)34-15-14-27-35(31,32)22-9-7-6-8-21(22)29/h6-13,27,29H,4-5,14-15H2,1-3H3. The van der Waals surface area contributed by atoms with E-state index in [9.17, 15) is 23.6 Å². The highest BCUT2D eigenvalue weighted by Crippen LogP contribution is 2.34. The fourth-order valence-corrected chi connectivity index (χ4v) is 4.92. The largest absolute Gasteiger partial charge is 0.507 e. The molecule has 2 N–H and O–H groups in total. The summed E-state index contributed by atoms with van der Waals surface area (Å²) in [5, 5.41) is 19.5. The number of esters is 1. The van der Waals surface area contributed by atoms with Gasteiger partial charge in [-0.15, -0.1) is 0 Å². The number of nitriles is 1. The predicted octanol–water partition coefficient (Wildman–Crippen LogP) is 3.37. The minimum atomic E-state index is -3.87. The van der Waals surface area contributed by atoms with E-state index in [1.807, 2.05) is 6.92 Å². The van der Waals surface area contributed by atoms with Gasteiger partial charge in [-0.3, -0.25) is 0 Å². The van der Waals surface area contributed by atoms with Crippen molar-refractivity contribution in [3.05, 3.63) is 65.5 Å². The first-order chi connectivity index (χ1) is 16.7. The number of aromatic hydroxyl groups is 1. The molecule has 0 unspecified atom stereocenters. The van der Waals surface area contributed by atoms with Gasteiger partial charge in [0, 0.05) is 24.8 Å². The van der Waals surface area contributed by atoms with Crippen LogP contribution in [0.25, 0.3) is 11.1 Å². The Morgan fingerprint density at radius 3 is 2.43 bits per heavy atom. The molecular formula is C25H27N3O6S. The number of hydrogen-bond acceptors (Lipinski definition) is 7. The van der Waals surface area contributed by atoms with Crippen LogP contribution in [-0.4, -0.2) is 43.8 Å². The molecule has 0 radical (unpaired) electrons. The van der Waals surface area contributed by atoms with Crippen molar-refractivity contribution >= 4 is 16.0 Å². The number of benzene rings is 2. The number of para-hydroxylation sites is 1. The molecule has 0 fully saturated rings. The zero-order valence-electron chi connectivity index (χ0n) is 19.7. The molecule has 1 aromatic heterocycles. The van der Waals surface area contributed by atoms with Crippen LogP contribution in [0, 0.1) is 11.3 Å². The van der Waals surface area contributed by atoms with Crippen LogP contribution in [0.15, 0.2) is 53.4 Å². The Kier molecular flexibility index (Phi) is 8.17. The Balaban J connectivity index is 1.75. The van der Waals surface area contributed by atoms with E-state index in [1.54, 1.807) is 42.8 Å². The maximum atomic E-state index is 12.7. The van der Waals surface area contributed by atoms with Gasteiger partial charge in [0.25, 0.3) is 0 Å². The fourth-order valence-electron chi connectivity index (χ4n) is 3.81. The molecule has 10 heteroatoms. The van der Waals surface area contributed by atoms with E-state index in [1.165, 1.54) is 24.3 Å². The molecule has 0 amide bonds. The first-order valence-corrected chi connectivity index (χ1v) is 12.5. The summed E-state index contributed by atoms with van der Waals surface area (Å²) in [5.74, 6) is -0.348. The number of sulfonamides is 1. The van der Waals surface area contributed by atoms with Gasteiger partial charge in [-0.05, 0) is 43.2 Å². The predicted molar refractivity (Wildman–Crippen MR) is 130 cm³/mol. The lowest BCUT2D eigenvalue weighted by Gasteiger charge is -2.11. The number of nitrogens with one attached hydrogen (secondary N) is 1. The van der Waals surface area contributed by atoms with E-state index >= 15 is 0 Å². The van der Waals surface area contributed by atoms with Gasteiger partial charge in [-0.2, -0.15) is 5.26 Å². The molecule has 1 heterocycles. The van der Waals surface area contributed by atoms with Crippen molar-refractivity contribution in [1.82, 2.24) is 9.29 Å². The van der Waals surface area contributed by atoms with E-state index in [0.717, 1.165) is 5.69 Å². The van der Waals surface area contributed by atoms with Crippen LogP contribution in [0.2, 0.25) is 0 Å². The van der Waals surface area contributed by atoms with Crippen LogP contribution in [0.4, 0.5) is 0 Å². The summed E-state index contributed by atoms with van der Waals surface area (Å²) in [5.41, 5.74) is 2.64. The van der Waals surface area contributed by atoms with Crippen molar-refractivity contribution < 1.29 is 27.8 Å². The first-order valence-electron chi connectivity index (χ1n) is 11.0. The van der Waals surface area contributed by atoms with E-state index < -0.39 is 16.0 Å². The number of ether oxygens (including phenoxy) is 2. The van der Waals surface area contributed by atoms with Gasteiger partial charge in [0.2, 0.25) is 10.0 Å². The number of nitrogens with zero attached hydrogens (tertiary/aromatic N) is 2. The quantitative estimate of drug-likeness (QED) is 0.324. The highest BCUT2D eigenvalue weighted by Gasteiger charge is 2.26. The number of hydrogen-bond donors (Lipinski definition) is 2. The molecule has 0 spiro atoms. The van der Waals surface area contributed by atoms with Gasteiger partial charge >= 0.3 is 5.97 Å². The van der Waals surface area contributed by atoms with Crippen LogP contribution in [0.5, 0.6) is 11.5 Å². The normalized spacial score (nSPS) is 11.1. The third kappa shape index (κ3) is 5.48. The Morgan fingerprint density at radius 1 is 1.14 bits per heavy atom. The second-order valence-electron chi connectivity index (χ2n) is 7.53. The number of phenolic OH excluding ortho intramolecular Hbond substituents is 1. The summed E-state index contributed by atoms with van der Waals surface area (Å²) in [6, 6.07) is 14.7. The molecule has 0 atom stereocenters. The van der Waals surface area contributed by atoms with Gasteiger partial charge in [0.1, 0.15) is 34.8 Å². The Morgan fingerprint density at radius 2 is 1.83 bits per heavy atom. The molecule has 0 bridgehead atoms. The van der Waals surface area contributed by atoms with E-state index in [-0.39, 0.29) is 30.4 Å². The lowest BCUT2D eigenvalue weighted by molar-refractivity contribution is 0.0516. The van der Waals surface area contributed by atoms with Gasteiger partial charge in [0.15, 0.2) is 0 Å². The molecule has 9 nitrogen and oxygen atoms in total. The van der Waals surface area contributed by atoms with Crippen LogP contribution in [0.1, 0.15) is 35.6 Å². The molecule has 3 rings (SSSR count). The molecule has 0 aliphatic heterocycles. The Labute approximate surface area is 204 Å². The second-order valence-corrected chi connectivity index (χ2v) is 9.26. The summed E-state index contributed by atoms with van der Waals surface area (Å²) < 4.78 is 39.6. The topological polar surface area (TPSA) is 131 Å². The SMILES string of the molecule is CCOC(=O)c1c(-c2ccc(OCCNS(=O)(=O)c3ccccc3O)cc2)c(C#N)c(CC)n1C. The van der Waals surface area contributed by atoms with Crippen molar-refractivity contribution in [3.63, 3.8) is 0 Å². The molecule has 2 aromatic carbocycles. The average molecular weight is 498 g/mol. The minimum Gasteiger partial charge on any atom is -0.507 e. The zero-order chi connectivity index (χ0) is 25.6. The molecule has 3 aromatic rings. The summed E-state index contributed by atoms with van der Waals surface area (Å²) in [4.78, 5) is 12.4. The number of carbonyl (C=O) groups excluding carboxylic acids is 1. The molecule has 35 heavy (non-hydrogen) atoms. The van der Waals surface area contributed by atoms with E-state index in [2.05, 4.69) is 10.8 Å². The number of phenols is 1. The highest BCUT2D eigenvalue weighted by atomic mass is 32.2. The smallest absolute Gasteiger partial charge is 0.355 e. The van der Waals surface area contributed by atoms with Crippen molar-refractivity contribution in [3.8, 4) is 28.7 Å². The monoisotopic (exact) mass is 497 g/mol. The molecular weight excluding hydrogens is 470 g/mol. The number of aromatic nitrogens is 1. The number of rotatable bonds is 10. The molecule has 0 saturated heterocycles. The third-order valence-corrected chi connectivity index (χ3v) is 6.90. The summed E-state index contributed by atoms with van der Waals surface area (Å²) in [6.07, 6.45) is 0.573. The second kappa shape index (κ2) is 11.1. The van der Waals surface area contributed by atoms with Gasteiger partial charge in [-0.25, -0.2) is 17.9 Å². The van der Waals surface area contributed by atoms with Crippen molar-refractivity contribution in [2.75, 3.05) is 19.8 Å². The lowest BCUT2D eigenvalue weighted by atomic mass is 10.00. The van der Waals surface area contributed by atoms with Crippen molar-refractivity contribution in [1.29, 1.82) is 5.26 Å². The summed E-state index contributed by atoms with van der Waals surface area (Å²) in [6.45, 7) is 3.89. The van der Waals surface area contributed by atoms with Crippen LogP contribution in [-0.2, 0) is 28.2 Å². The van der Waals surface area contributed by atoms with Crippen LogP contribution < -0.4 is 9.46 Å². The fraction of sp³-hybridized carbons (Fsp3) is 0.280. The zero-order valence-corrected chi connectivity index (χ0v) is 20.6. The molecule has 0 aliphatic rings. The first kappa shape index (κ1) is 25.8. The third-order valence-electron chi connectivity index (χ3n) is 5.39. The molecule has 0 saturated carbocycles. The van der Waals surface area contributed by atoms with E-state index in [4.69, 9.17) is 9.47 Å². The Bertz CT molecular complexity index is 1360. The van der Waals surface area contributed by atoms with Crippen molar-refractivity contribution in [2.45, 2.75) is 25.2 Å². The van der Waals surface area contributed by atoms with Gasteiger partial charge in [-0.1, -0.05) is 31.2 Å². The summed E-state index contributed by atoms with van der Waals surface area (Å²) >= 11 is 0. The highest BCUT2D eigenvalue weighted by molar-refractivity contribution is 7.89. The van der Waals surface area contributed by atoms with E-state index in [0.29, 0.717) is 34.6 Å². The number of carbonyl (C=O) groups is 1. The molecule has 184 valence electrons. The van der Waals surface area contributed by atoms with Gasteiger partial charge < -0.3 is 19.1 Å². The van der Waals surface area contributed by atoms with Crippen molar-refractivity contribution in [2.24, 2.45) is 7.05 Å². The maximum Gasteiger partial charge on any atom is 0.355 e. The Hall–Kier alpha value is -3.81. The van der Waals surface area contributed by atoms with Gasteiger partial charge in [0.05, 0.1) is 12.2 Å². The summed E-state index contributed by atoms with van der Waals surface area (Å²) in [7, 11) is -2.14. The lowest BCUT2D eigenvalue weighted by Crippen LogP contribution is -2.28. The van der Waals surface area contributed by atoms with Crippen LogP contribution in [0.3, 0.4) is 0 Å².